The van der Waals surface area contributed by atoms with Gasteiger partial charge in [-0.2, -0.15) is 0 Å². The third-order valence-electron chi connectivity index (χ3n) is 4.17. The van der Waals surface area contributed by atoms with Gasteiger partial charge in [-0.3, -0.25) is 14.5 Å². The SMILES string of the molecule is O=C(c1ccc(Cl)cn1)N1CCCN(CC2COCCO2)CC1.O=CO. The van der Waals surface area contributed by atoms with E-state index in [0.29, 0.717) is 37.1 Å². The Bertz CT molecular complexity index is 566. The van der Waals surface area contributed by atoms with Crippen LogP contribution in [-0.2, 0) is 14.3 Å². The normalized spacial score (nSPS) is 21.3. The number of halogens is 1. The van der Waals surface area contributed by atoms with Crippen LogP contribution in [-0.4, -0.2) is 90.9 Å². The second-order valence-corrected chi connectivity index (χ2v) is 6.42. The van der Waals surface area contributed by atoms with Gasteiger partial charge in [0.25, 0.3) is 12.4 Å². The summed E-state index contributed by atoms with van der Waals surface area (Å²) in [5, 5.41) is 7.43. The van der Waals surface area contributed by atoms with Gasteiger partial charge in [-0.1, -0.05) is 11.6 Å². The zero-order chi connectivity index (χ0) is 18.8. The van der Waals surface area contributed by atoms with Gasteiger partial charge < -0.3 is 19.5 Å². The molecule has 0 spiro atoms. The fourth-order valence-electron chi connectivity index (χ4n) is 2.95. The highest BCUT2D eigenvalue weighted by atomic mass is 35.5. The average Bonchev–Trinajstić information content (AvgIpc) is 2.89. The topological polar surface area (TPSA) is 92.2 Å². The number of carbonyl (C=O) groups is 2. The highest BCUT2D eigenvalue weighted by Gasteiger charge is 2.24. The Kier molecular flexibility index (Phi) is 8.76. The number of amides is 1. The molecule has 144 valence electrons. The lowest BCUT2D eigenvalue weighted by Gasteiger charge is -2.29. The van der Waals surface area contributed by atoms with Crippen molar-refractivity contribution in [2.45, 2.75) is 12.5 Å². The Labute approximate surface area is 157 Å². The molecule has 1 amide bonds. The number of ether oxygens (including phenoxy) is 2. The van der Waals surface area contributed by atoms with Crippen molar-refractivity contribution in [1.29, 1.82) is 0 Å². The summed E-state index contributed by atoms with van der Waals surface area (Å²) in [4.78, 5) is 29.2. The van der Waals surface area contributed by atoms with E-state index in [0.717, 1.165) is 32.6 Å². The zero-order valence-electron chi connectivity index (χ0n) is 14.6. The minimum atomic E-state index is -0.250. The van der Waals surface area contributed by atoms with E-state index in [2.05, 4.69) is 9.88 Å². The Morgan fingerprint density at radius 1 is 1.31 bits per heavy atom. The van der Waals surface area contributed by atoms with Crippen LogP contribution in [0.25, 0.3) is 0 Å². The highest BCUT2D eigenvalue weighted by molar-refractivity contribution is 6.30. The Morgan fingerprint density at radius 3 is 2.77 bits per heavy atom. The van der Waals surface area contributed by atoms with Crippen LogP contribution in [0.15, 0.2) is 18.3 Å². The lowest BCUT2D eigenvalue weighted by Crippen LogP contribution is -2.42. The molecule has 0 bridgehead atoms. The minimum absolute atomic E-state index is 0.0271. The van der Waals surface area contributed by atoms with Gasteiger partial charge in [0, 0.05) is 32.4 Å². The van der Waals surface area contributed by atoms with Gasteiger partial charge in [0.2, 0.25) is 0 Å². The molecule has 0 saturated carbocycles. The fourth-order valence-corrected chi connectivity index (χ4v) is 3.06. The molecule has 0 aliphatic carbocycles. The number of rotatable bonds is 3. The number of pyridine rings is 1. The van der Waals surface area contributed by atoms with Gasteiger partial charge in [-0.05, 0) is 25.1 Å². The number of carboxylic acid groups (broad SMARTS) is 1. The number of aromatic nitrogens is 1. The van der Waals surface area contributed by atoms with Crippen LogP contribution in [0.1, 0.15) is 16.9 Å². The molecule has 2 fully saturated rings. The maximum Gasteiger partial charge on any atom is 0.290 e. The van der Waals surface area contributed by atoms with Crippen molar-refractivity contribution in [2.24, 2.45) is 0 Å². The number of hydrogen-bond acceptors (Lipinski definition) is 6. The van der Waals surface area contributed by atoms with Crippen molar-refractivity contribution in [3.8, 4) is 0 Å². The second-order valence-electron chi connectivity index (χ2n) is 5.98. The van der Waals surface area contributed by atoms with Gasteiger partial charge in [-0.15, -0.1) is 0 Å². The van der Waals surface area contributed by atoms with Crippen LogP contribution in [0.2, 0.25) is 5.02 Å². The molecule has 0 aromatic carbocycles. The number of nitrogens with zero attached hydrogens (tertiary/aromatic N) is 3. The van der Waals surface area contributed by atoms with Crippen molar-refractivity contribution in [2.75, 3.05) is 52.5 Å². The first-order chi connectivity index (χ1) is 12.6. The molecule has 3 heterocycles. The molecule has 2 saturated heterocycles. The molecular formula is C17H24ClN3O5. The molecule has 26 heavy (non-hydrogen) atoms. The van der Waals surface area contributed by atoms with Crippen LogP contribution in [0, 0.1) is 0 Å². The smallest absolute Gasteiger partial charge is 0.290 e. The predicted octanol–water partition coefficient (Wildman–Crippen LogP) is 0.999. The molecule has 0 radical (unpaired) electrons. The molecule has 2 aliphatic heterocycles. The molecule has 1 aromatic heterocycles. The quantitative estimate of drug-likeness (QED) is 0.776. The Hall–Kier alpha value is -1.74. The van der Waals surface area contributed by atoms with Crippen molar-refractivity contribution in [3.63, 3.8) is 0 Å². The monoisotopic (exact) mass is 385 g/mol. The van der Waals surface area contributed by atoms with E-state index in [-0.39, 0.29) is 18.5 Å². The summed E-state index contributed by atoms with van der Waals surface area (Å²) in [5.74, 6) is -0.0271. The third kappa shape index (κ3) is 6.53. The van der Waals surface area contributed by atoms with E-state index in [4.69, 9.17) is 31.0 Å². The van der Waals surface area contributed by atoms with E-state index < -0.39 is 0 Å². The highest BCUT2D eigenvalue weighted by Crippen LogP contribution is 2.12. The van der Waals surface area contributed by atoms with E-state index >= 15 is 0 Å². The van der Waals surface area contributed by atoms with Gasteiger partial charge in [0.1, 0.15) is 5.69 Å². The van der Waals surface area contributed by atoms with Crippen LogP contribution < -0.4 is 0 Å². The first kappa shape index (κ1) is 20.6. The largest absolute Gasteiger partial charge is 0.483 e. The first-order valence-electron chi connectivity index (χ1n) is 8.54. The summed E-state index contributed by atoms with van der Waals surface area (Å²) in [5.41, 5.74) is 0.451. The van der Waals surface area contributed by atoms with Gasteiger partial charge in [-0.25, -0.2) is 4.98 Å². The van der Waals surface area contributed by atoms with Crippen molar-refractivity contribution < 1.29 is 24.2 Å². The van der Waals surface area contributed by atoms with Crippen molar-refractivity contribution in [1.82, 2.24) is 14.8 Å². The summed E-state index contributed by atoms with van der Waals surface area (Å²) < 4.78 is 11.2. The maximum absolute atomic E-state index is 12.5. The number of hydrogen-bond donors (Lipinski definition) is 1. The molecule has 9 heteroatoms. The van der Waals surface area contributed by atoms with E-state index in [1.807, 2.05) is 4.90 Å². The first-order valence-corrected chi connectivity index (χ1v) is 8.92. The summed E-state index contributed by atoms with van der Waals surface area (Å²) in [7, 11) is 0. The van der Waals surface area contributed by atoms with E-state index in [9.17, 15) is 4.79 Å². The summed E-state index contributed by atoms with van der Waals surface area (Å²) >= 11 is 5.82. The fraction of sp³-hybridized carbons (Fsp3) is 0.588. The van der Waals surface area contributed by atoms with E-state index in [1.165, 1.54) is 6.20 Å². The number of carbonyl (C=O) groups excluding carboxylic acids is 1. The van der Waals surface area contributed by atoms with Crippen LogP contribution in [0.3, 0.4) is 0 Å². The molecule has 1 N–H and O–H groups in total. The maximum atomic E-state index is 12.5. The standard InChI is InChI=1S/C16H22ClN3O3.CH2O2/c17-13-2-3-15(18-10-13)16(21)20-5-1-4-19(6-7-20)11-14-12-22-8-9-23-14;2-1-3/h2-3,10,14H,1,4-9,11-12H2;1H,(H,2,3). The lowest BCUT2D eigenvalue weighted by molar-refractivity contribution is -0.122. The van der Waals surface area contributed by atoms with Gasteiger partial charge in [0.05, 0.1) is 30.9 Å². The van der Waals surface area contributed by atoms with Crippen LogP contribution in [0.4, 0.5) is 0 Å². The summed E-state index contributed by atoms with van der Waals surface area (Å²) in [6.07, 6.45) is 2.61. The Balaban J connectivity index is 0.000000758. The van der Waals surface area contributed by atoms with Crippen molar-refractivity contribution in [3.05, 3.63) is 29.0 Å². The Morgan fingerprint density at radius 2 is 2.12 bits per heavy atom. The molecule has 2 aliphatic rings. The van der Waals surface area contributed by atoms with Gasteiger partial charge in [0.15, 0.2) is 0 Å². The van der Waals surface area contributed by atoms with Crippen LogP contribution in [0.5, 0.6) is 0 Å². The zero-order valence-corrected chi connectivity index (χ0v) is 15.3. The molecule has 1 aromatic rings. The predicted molar refractivity (Wildman–Crippen MR) is 95.5 cm³/mol. The molecule has 1 unspecified atom stereocenters. The van der Waals surface area contributed by atoms with Crippen molar-refractivity contribution >= 4 is 24.0 Å². The summed E-state index contributed by atoms with van der Waals surface area (Å²) in [6, 6.07) is 3.38. The second kappa shape index (κ2) is 11.1. The molecule has 1 atom stereocenters. The lowest BCUT2D eigenvalue weighted by atomic mass is 10.3. The summed E-state index contributed by atoms with van der Waals surface area (Å²) in [6.45, 7) is 5.91. The van der Waals surface area contributed by atoms with Crippen LogP contribution >= 0.6 is 11.6 Å². The van der Waals surface area contributed by atoms with E-state index in [1.54, 1.807) is 12.1 Å². The average molecular weight is 386 g/mol. The minimum Gasteiger partial charge on any atom is -0.483 e. The third-order valence-corrected chi connectivity index (χ3v) is 4.39. The molecule has 3 rings (SSSR count). The van der Waals surface area contributed by atoms with Gasteiger partial charge >= 0.3 is 0 Å². The molecule has 8 nitrogen and oxygen atoms in total. The molecular weight excluding hydrogens is 362 g/mol.